The van der Waals surface area contributed by atoms with Crippen LogP contribution in [0.1, 0.15) is 31.8 Å². The zero-order valence-corrected chi connectivity index (χ0v) is 12.7. The lowest BCUT2D eigenvalue weighted by atomic mass is 10.0. The minimum Gasteiger partial charge on any atom is -0.270 e. The van der Waals surface area contributed by atoms with E-state index in [1.807, 2.05) is 0 Å². The molecule has 2 aliphatic rings. The third kappa shape index (κ3) is 2.33. The Morgan fingerprint density at radius 2 is 1.52 bits per heavy atom. The molecule has 0 unspecified atom stereocenters. The maximum Gasteiger partial charge on any atom is 0.426 e. The quantitative estimate of drug-likeness (QED) is 0.659. The van der Waals surface area contributed by atoms with Gasteiger partial charge in [-0.25, -0.2) is 10.9 Å². The number of carbonyl (C=O) groups is 2. The van der Waals surface area contributed by atoms with E-state index in [2.05, 4.69) is 10.9 Å². The Hall–Kier alpha value is -2.71. The van der Waals surface area contributed by atoms with Crippen LogP contribution in [-0.2, 0) is 12.2 Å². The number of nitrogens with one attached hydrogen (secondary N) is 2. The lowest BCUT2D eigenvalue weighted by molar-refractivity contribution is -0.165. The van der Waals surface area contributed by atoms with Gasteiger partial charge in [0.05, 0.1) is 17.7 Å². The molecule has 2 aromatic rings. The summed E-state index contributed by atoms with van der Waals surface area (Å²) in [5.41, 5.74) is 3.03. The number of nitrogens with zero attached hydrogens (tertiary/aromatic N) is 1. The van der Waals surface area contributed by atoms with Crippen LogP contribution in [0.4, 0.5) is 13.2 Å². The predicted octanol–water partition coefficient (Wildman–Crippen LogP) is 2.31. The third-order valence-corrected chi connectivity index (χ3v) is 4.38. The molecule has 2 aliphatic heterocycles. The number of rotatable bonds is 3. The Kier molecular flexibility index (Phi) is 3.25. The monoisotopic (exact) mass is 347 g/mol. The fourth-order valence-electron chi connectivity index (χ4n) is 2.98. The van der Waals surface area contributed by atoms with Gasteiger partial charge in [0.2, 0.25) is 5.66 Å². The second kappa shape index (κ2) is 5.14. The van der Waals surface area contributed by atoms with Crippen LogP contribution >= 0.6 is 0 Å². The molecule has 128 valence electrons. The summed E-state index contributed by atoms with van der Waals surface area (Å²) in [5, 5.41) is 0. The second-order valence-electron chi connectivity index (χ2n) is 5.94. The van der Waals surface area contributed by atoms with Crippen LogP contribution < -0.4 is 10.9 Å². The largest absolute Gasteiger partial charge is 0.426 e. The molecular formula is C17H12F3N3O2. The van der Waals surface area contributed by atoms with Crippen molar-refractivity contribution in [1.29, 1.82) is 0 Å². The van der Waals surface area contributed by atoms with E-state index in [0.717, 1.165) is 4.90 Å². The molecule has 0 aromatic heterocycles. The molecule has 5 nitrogen and oxygen atoms in total. The van der Waals surface area contributed by atoms with Crippen molar-refractivity contribution in [2.45, 2.75) is 18.4 Å². The van der Waals surface area contributed by atoms with Gasteiger partial charge in [-0.3, -0.25) is 14.5 Å². The highest BCUT2D eigenvalue weighted by Gasteiger charge is 2.65. The summed E-state index contributed by atoms with van der Waals surface area (Å²) in [6.45, 7) is -0.0892. The van der Waals surface area contributed by atoms with Crippen molar-refractivity contribution in [3.05, 3.63) is 70.8 Å². The van der Waals surface area contributed by atoms with Crippen LogP contribution in [0.15, 0.2) is 48.5 Å². The number of imide groups is 1. The van der Waals surface area contributed by atoms with E-state index in [4.69, 9.17) is 0 Å². The molecule has 2 heterocycles. The number of carbonyl (C=O) groups excluding carboxylic acids is 2. The molecule has 2 amide bonds. The number of halogens is 3. The maximum absolute atomic E-state index is 13.2. The molecule has 0 aliphatic carbocycles. The topological polar surface area (TPSA) is 81.3 Å². The van der Waals surface area contributed by atoms with Gasteiger partial charge in [0.15, 0.2) is 0 Å². The minimum absolute atomic E-state index is 0.0193. The summed E-state index contributed by atoms with van der Waals surface area (Å²) >= 11 is 0. The molecule has 25 heavy (non-hydrogen) atoms. The van der Waals surface area contributed by atoms with Gasteiger partial charge in [-0.1, -0.05) is 36.4 Å². The highest BCUT2D eigenvalue weighted by molar-refractivity contribution is 6.21. The van der Waals surface area contributed by atoms with Gasteiger partial charge >= 0.3 is 6.18 Å². The summed E-state index contributed by atoms with van der Waals surface area (Å²) in [7, 11) is 0. The number of hydrazine groups is 1. The average Bonchev–Trinajstić information content (AvgIpc) is 3.37. The van der Waals surface area contributed by atoms with Gasteiger partial charge in [0.1, 0.15) is 0 Å². The summed E-state index contributed by atoms with van der Waals surface area (Å²) in [6.07, 6.45) is -4.51. The fourth-order valence-corrected chi connectivity index (χ4v) is 2.98. The molecule has 1 fully saturated rings. The molecule has 0 bridgehead atoms. The molecule has 2 aromatic carbocycles. The van der Waals surface area contributed by atoms with Crippen LogP contribution in [0.25, 0.3) is 0 Å². The summed E-state index contributed by atoms with van der Waals surface area (Å²) < 4.78 is 39.5. The number of amides is 2. The van der Waals surface area contributed by atoms with Gasteiger partial charge in [-0.2, -0.15) is 13.2 Å². The first kappa shape index (κ1) is 15.8. The maximum atomic E-state index is 13.2. The van der Waals surface area contributed by atoms with Crippen molar-refractivity contribution in [1.82, 2.24) is 15.8 Å². The Morgan fingerprint density at radius 3 is 2.04 bits per heavy atom. The summed E-state index contributed by atoms with van der Waals surface area (Å²) in [5.74, 6) is -0.890. The predicted molar refractivity (Wildman–Crippen MR) is 81.1 cm³/mol. The molecule has 0 atom stereocenters. The van der Waals surface area contributed by atoms with Crippen LogP contribution in [0.3, 0.4) is 0 Å². The van der Waals surface area contributed by atoms with Crippen molar-refractivity contribution in [3.63, 3.8) is 0 Å². The van der Waals surface area contributed by atoms with Gasteiger partial charge in [0.25, 0.3) is 11.8 Å². The lowest BCUT2D eigenvalue weighted by Gasteiger charge is -2.18. The zero-order valence-electron chi connectivity index (χ0n) is 12.7. The highest BCUT2D eigenvalue weighted by atomic mass is 19.4. The van der Waals surface area contributed by atoms with Gasteiger partial charge < -0.3 is 0 Å². The Balaban J connectivity index is 1.62. The molecule has 1 saturated heterocycles. The van der Waals surface area contributed by atoms with E-state index in [1.165, 1.54) is 18.2 Å². The van der Waals surface area contributed by atoms with E-state index < -0.39 is 23.7 Å². The van der Waals surface area contributed by atoms with E-state index >= 15 is 0 Å². The summed E-state index contributed by atoms with van der Waals surface area (Å²) in [4.78, 5) is 25.8. The first-order valence-electron chi connectivity index (χ1n) is 7.49. The van der Waals surface area contributed by atoms with Crippen molar-refractivity contribution in [2.75, 3.05) is 0 Å². The van der Waals surface area contributed by atoms with Crippen molar-refractivity contribution < 1.29 is 22.8 Å². The first-order chi connectivity index (χ1) is 11.8. The zero-order chi connectivity index (χ0) is 17.8. The fraction of sp³-hybridized carbons (Fsp3) is 0.176. The number of hydrogen-bond acceptors (Lipinski definition) is 4. The standard InChI is InChI=1S/C17H12F3N3O2/c18-17(19,20)16(21-22-16)11-5-3-4-10(8-11)9-23-14(24)12-6-1-2-7-13(12)15(23)25/h1-8,21-22H,9H2. The molecule has 2 N–H and O–H groups in total. The Bertz CT molecular complexity index is 856. The van der Waals surface area contributed by atoms with Crippen molar-refractivity contribution >= 4 is 11.8 Å². The normalized spacial score (nSPS) is 18.4. The molecule has 0 radical (unpaired) electrons. The van der Waals surface area contributed by atoms with Gasteiger partial charge in [0, 0.05) is 0 Å². The number of alkyl halides is 3. The average molecular weight is 347 g/mol. The van der Waals surface area contributed by atoms with Gasteiger partial charge in [-0.15, -0.1) is 0 Å². The smallest absolute Gasteiger partial charge is 0.270 e. The van der Waals surface area contributed by atoms with Crippen molar-refractivity contribution in [3.8, 4) is 0 Å². The highest BCUT2D eigenvalue weighted by Crippen LogP contribution is 2.42. The van der Waals surface area contributed by atoms with E-state index in [-0.39, 0.29) is 12.1 Å². The number of fused-ring (bicyclic) bond motifs is 1. The van der Waals surface area contributed by atoms with Crippen LogP contribution in [0, 0.1) is 0 Å². The SMILES string of the molecule is O=C1c2ccccc2C(=O)N1Cc1cccc(C2(C(F)(F)F)NN2)c1. The van der Waals surface area contributed by atoms with E-state index in [1.54, 1.807) is 30.3 Å². The number of hydrogen-bond donors (Lipinski definition) is 2. The molecule has 8 heteroatoms. The van der Waals surface area contributed by atoms with Crippen LogP contribution in [0.2, 0.25) is 0 Å². The van der Waals surface area contributed by atoms with Crippen LogP contribution in [0.5, 0.6) is 0 Å². The Labute approximate surface area is 140 Å². The molecule has 4 rings (SSSR count). The van der Waals surface area contributed by atoms with Crippen LogP contribution in [-0.4, -0.2) is 22.9 Å². The Morgan fingerprint density at radius 1 is 0.920 bits per heavy atom. The molecule has 0 saturated carbocycles. The first-order valence-corrected chi connectivity index (χ1v) is 7.49. The second-order valence-corrected chi connectivity index (χ2v) is 5.94. The molecule has 0 spiro atoms. The summed E-state index contributed by atoms with van der Waals surface area (Å²) in [6, 6.07) is 12.2. The van der Waals surface area contributed by atoms with Crippen molar-refractivity contribution in [2.24, 2.45) is 0 Å². The molecular weight excluding hydrogens is 335 g/mol. The minimum atomic E-state index is -4.51. The van der Waals surface area contributed by atoms with E-state index in [0.29, 0.717) is 16.7 Å². The third-order valence-electron chi connectivity index (χ3n) is 4.38. The lowest BCUT2D eigenvalue weighted by Crippen LogP contribution is -2.35. The van der Waals surface area contributed by atoms with Gasteiger partial charge in [-0.05, 0) is 23.3 Å². The number of benzene rings is 2. The van der Waals surface area contributed by atoms with E-state index in [9.17, 15) is 22.8 Å².